The summed E-state index contributed by atoms with van der Waals surface area (Å²) in [6.45, 7) is 8.22. The number of piperazine rings is 1. The normalized spacial score (nSPS) is 15.7. The van der Waals surface area contributed by atoms with Gasteiger partial charge in [0.1, 0.15) is 5.75 Å². The number of hydrogen-bond acceptors (Lipinski definition) is 7. The summed E-state index contributed by atoms with van der Waals surface area (Å²) in [7, 11) is 0. The molecule has 3 heterocycles. The number of aromatic amines is 1. The van der Waals surface area contributed by atoms with Crippen molar-refractivity contribution in [3.8, 4) is 5.75 Å². The molecule has 164 valence electrons. The summed E-state index contributed by atoms with van der Waals surface area (Å²) in [6.07, 6.45) is 4.25. The number of carbonyl (C=O) groups excluding carboxylic acids is 1. The molecule has 0 saturated carbocycles. The van der Waals surface area contributed by atoms with E-state index in [-0.39, 0.29) is 11.3 Å². The molecule has 1 unspecified atom stereocenters. The van der Waals surface area contributed by atoms with Crippen molar-refractivity contribution >= 4 is 29.2 Å². The van der Waals surface area contributed by atoms with Crippen LogP contribution in [-0.2, 0) is 6.42 Å². The van der Waals surface area contributed by atoms with Crippen LogP contribution >= 0.6 is 23.1 Å². The van der Waals surface area contributed by atoms with Crippen molar-refractivity contribution in [3.63, 3.8) is 0 Å². The Morgan fingerprint density at radius 1 is 1.26 bits per heavy atom. The smallest absolute Gasteiger partial charge is 0.410 e. The molecule has 0 bridgehead atoms. The summed E-state index contributed by atoms with van der Waals surface area (Å²) in [5.74, 6) is 0.574. The van der Waals surface area contributed by atoms with Crippen LogP contribution in [0, 0.1) is 6.92 Å². The molecule has 1 aromatic carbocycles. The van der Waals surface area contributed by atoms with Crippen molar-refractivity contribution in [2.75, 3.05) is 32.7 Å². The van der Waals surface area contributed by atoms with Crippen LogP contribution in [0.4, 0.5) is 4.79 Å². The van der Waals surface area contributed by atoms with E-state index in [1.165, 1.54) is 0 Å². The highest BCUT2D eigenvalue weighted by Gasteiger charge is 2.22. The second kappa shape index (κ2) is 10.3. The lowest BCUT2D eigenvalue weighted by atomic mass is 10.1. The van der Waals surface area contributed by atoms with Crippen LogP contribution in [0.1, 0.15) is 28.4 Å². The average Bonchev–Trinajstić information content (AvgIpc) is 3.44. The Morgan fingerprint density at radius 3 is 2.68 bits per heavy atom. The number of hydrogen-bond donors (Lipinski definition) is 1. The third kappa shape index (κ3) is 6.09. The number of rotatable bonds is 7. The summed E-state index contributed by atoms with van der Waals surface area (Å²) in [5.41, 5.74) is 2.31. The topological polar surface area (TPSA) is 74.3 Å². The average molecular weight is 458 g/mol. The number of nitrogens with one attached hydrogen (secondary N) is 1. The van der Waals surface area contributed by atoms with E-state index >= 15 is 0 Å². The van der Waals surface area contributed by atoms with E-state index in [4.69, 9.17) is 4.74 Å². The Morgan fingerprint density at radius 2 is 2.03 bits per heavy atom. The Balaban J connectivity index is 1.21. The maximum absolute atomic E-state index is 12.5. The predicted molar refractivity (Wildman–Crippen MR) is 124 cm³/mol. The molecule has 1 saturated heterocycles. The van der Waals surface area contributed by atoms with E-state index in [1.807, 2.05) is 37.4 Å². The highest BCUT2D eigenvalue weighted by molar-refractivity contribution is 7.99. The van der Waals surface area contributed by atoms with Crippen LogP contribution in [0.15, 0.2) is 47.2 Å². The van der Waals surface area contributed by atoms with Crippen LogP contribution in [0.3, 0.4) is 0 Å². The minimum atomic E-state index is -0.277. The van der Waals surface area contributed by atoms with E-state index < -0.39 is 0 Å². The summed E-state index contributed by atoms with van der Waals surface area (Å²) in [5, 5.41) is 4.38. The molecule has 7 nitrogen and oxygen atoms in total. The first-order valence-electron chi connectivity index (χ1n) is 10.4. The van der Waals surface area contributed by atoms with Crippen molar-refractivity contribution in [3.05, 3.63) is 58.3 Å². The quantitative estimate of drug-likeness (QED) is 0.531. The minimum absolute atomic E-state index is 0.247. The third-order valence-electron chi connectivity index (χ3n) is 5.30. The van der Waals surface area contributed by atoms with Gasteiger partial charge in [0.25, 0.3) is 0 Å². The fraction of sp³-hybridized carbons (Fsp3) is 0.409. The molecule has 1 atom stereocenters. The maximum atomic E-state index is 12.5. The number of carbonyl (C=O) groups is 1. The van der Waals surface area contributed by atoms with E-state index in [0.29, 0.717) is 18.8 Å². The molecule has 0 aliphatic carbocycles. The lowest BCUT2D eigenvalue weighted by Gasteiger charge is -2.33. The summed E-state index contributed by atoms with van der Waals surface area (Å²) in [4.78, 5) is 28.6. The number of ether oxygens (including phenoxy) is 1. The van der Waals surface area contributed by atoms with E-state index in [9.17, 15) is 4.79 Å². The Bertz CT molecular complexity index is 966. The summed E-state index contributed by atoms with van der Waals surface area (Å²) in [6, 6.07) is 7.72. The van der Waals surface area contributed by atoms with E-state index in [2.05, 4.69) is 32.2 Å². The van der Waals surface area contributed by atoms with Crippen molar-refractivity contribution < 1.29 is 9.53 Å². The lowest BCUT2D eigenvalue weighted by Crippen LogP contribution is -2.49. The molecule has 9 heteroatoms. The Kier molecular flexibility index (Phi) is 7.26. The molecule has 1 amide bonds. The predicted octanol–water partition coefficient (Wildman–Crippen LogP) is 4.39. The summed E-state index contributed by atoms with van der Waals surface area (Å²) >= 11 is 3.35. The first kappa shape index (κ1) is 21.9. The number of benzene rings is 1. The molecule has 4 rings (SSSR count). The molecular formula is C22H27N5O2S2. The molecule has 0 radical (unpaired) electrons. The van der Waals surface area contributed by atoms with Crippen molar-refractivity contribution in [2.45, 2.75) is 30.7 Å². The van der Waals surface area contributed by atoms with E-state index in [0.717, 1.165) is 47.5 Å². The molecule has 0 spiro atoms. The number of amides is 1. The first-order valence-corrected chi connectivity index (χ1v) is 12.2. The maximum Gasteiger partial charge on any atom is 0.415 e. The van der Waals surface area contributed by atoms with Crippen LogP contribution in [-0.4, -0.2) is 63.6 Å². The van der Waals surface area contributed by atoms with Gasteiger partial charge in [0.15, 0.2) is 5.16 Å². The van der Waals surface area contributed by atoms with Crippen molar-refractivity contribution in [2.24, 2.45) is 0 Å². The van der Waals surface area contributed by atoms with Gasteiger partial charge in [-0.15, -0.1) is 11.3 Å². The monoisotopic (exact) mass is 457 g/mol. The second-order valence-electron chi connectivity index (χ2n) is 7.53. The van der Waals surface area contributed by atoms with Gasteiger partial charge >= 0.3 is 6.09 Å². The largest absolute Gasteiger partial charge is 0.415 e. The van der Waals surface area contributed by atoms with Crippen LogP contribution in [0.5, 0.6) is 5.75 Å². The molecule has 1 aliphatic heterocycles. The van der Waals surface area contributed by atoms with Crippen LogP contribution in [0.25, 0.3) is 0 Å². The van der Waals surface area contributed by atoms with Gasteiger partial charge in [-0.1, -0.05) is 23.9 Å². The van der Waals surface area contributed by atoms with E-state index in [1.54, 1.807) is 34.2 Å². The van der Waals surface area contributed by atoms with Gasteiger partial charge in [0, 0.05) is 62.2 Å². The van der Waals surface area contributed by atoms with Gasteiger partial charge in [-0.2, -0.15) is 0 Å². The number of aryl methyl sites for hydroxylation is 1. The SMILES string of the molecule is Cc1nc(CCN2CCN(C(=O)Oc3ccc(C(C)Sc4ncc[nH]4)cc3)CC2)cs1. The van der Waals surface area contributed by atoms with Gasteiger partial charge in [-0.05, 0) is 31.5 Å². The number of imidazole rings is 1. The van der Waals surface area contributed by atoms with Gasteiger partial charge in [-0.3, -0.25) is 4.90 Å². The number of thioether (sulfide) groups is 1. The molecule has 1 N–H and O–H groups in total. The fourth-order valence-electron chi connectivity index (χ4n) is 3.47. The van der Waals surface area contributed by atoms with Crippen LogP contribution < -0.4 is 4.74 Å². The number of aromatic nitrogens is 3. The van der Waals surface area contributed by atoms with Gasteiger partial charge < -0.3 is 14.6 Å². The van der Waals surface area contributed by atoms with Crippen molar-refractivity contribution in [1.29, 1.82) is 0 Å². The molecule has 1 fully saturated rings. The molecule has 2 aromatic heterocycles. The molecule has 3 aromatic rings. The zero-order chi connectivity index (χ0) is 21.6. The molecular weight excluding hydrogens is 430 g/mol. The zero-order valence-electron chi connectivity index (χ0n) is 17.8. The Hall–Kier alpha value is -2.36. The number of nitrogens with zero attached hydrogens (tertiary/aromatic N) is 4. The standard InChI is InChI=1S/C22H27N5O2S2/c1-16(31-21-23-8-9-24-21)18-3-5-20(6-4-18)29-22(28)27-13-11-26(12-14-27)10-7-19-15-30-17(2)25-19/h3-6,8-9,15-16H,7,10-14H2,1-2H3,(H,23,24). The Labute approximate surface area is 190 Å². The highest BCUT2D eigenvalue weighted by Crippen LogP contribution is 2.33. The number of H-pyrrole nitrogens is 1. The van der Waals surface area contributed by atoms with Crippen molar-refractivity contribution in [1.82, 2.24) is 24.8 Å². The van der Waals surface area contributed by atoms with Gasteiger partial charge in [0.2, 0.25) is 0 Å². The number of thiazole rings is 1. The molecule has 1 aliphatic rings. The van der Waals surface area contributed by atoms with Gasteiger partial charge in [0.05, 0.1) is 10.7 Å². The zero-order valence-corrected chi connectivity index (χ0v) is 19.4. The highest BCUT2D eigenvalue weighted by atomic mass is 32.2. The fourth-order valence-corrected chi connectivity index (χ4v) is 5.01. The molecule has 31 heavy (non-hydrogen) atoms. The van der Waals surface area contributed by atoms with Crippen LogP contribution in [0.2, 0.25) is 0 Å². The first-order chi connectivity index (χ1) is 15.1. The third-order valence-corrected chi connectivity index (χ3v) is 7.19. The summed E-state index contributed by atoms with van der Waals surface area (Å²) < 4.78 is 5.60. The second-order valence-corrected chi connectivity index (χ2v) is 9.92. The lowest BCUT2D eigenvalue weighted by molar-refractivity contribution is 0.111. The van der Waals surface area contributed by atoms with Gasteiger partial charge in [-0.25, -0.2) is 14.8 Å². The minimum Gasteiger partial charge on any atom is -0.410 e.